The molecule has 0 rings (SSSR count). The first kappa shape index (κ1) is 17.4. The highest BCUT2D eigenvalue weighted by atomic mass is 16.5. The molecule has 19 heavy (non-hydrogen) atoms. The number of esters is 1. The average Bonchev–Trinajstić information content (AvgIpc) is 2.32. The molecule has 0 atom stereocenters. The Morgan fingerprint density at radius 1 is 1.21 bits per heavy atom. The van der Waals surface area contributed by atoms with Crippen molar-refractivity contribution in [3.05, 3.63) is 0 Å². The van der Waals surface area contributed by atoms with Crippen LogP contribution in [-0.4, -0.2) is 49.9 Å². The third-order valence-corrected chi connectivity index (χ3v) is 2.55. The number of rotatable bonds is 6. The molecule has 0 saturated carbocycles. The van der Waals surface area contributed by atoms with Crippen molar-refractivity contribution in [2.75, 3.05) is 27.2 Å². The Balaban J connectivity index is 3.86. The molecule has 0 heterocycles. The summed E-state index contributed by atoms with van der Waals surface area (Å²) in [4.78, 5) is 35.5. The van der Waals surface area contributed by atoms with Crippen molar-refractivity contribution >= 4 is 17.8 Å². The lowest BCUT2D eigenvalue weighted by Gasteiger charge is -2.18. The van der Waals surface area contributed by atoms with Crippen LogP contribution in [0.2, 0.25) is 0 Å². The van der Waals surface area contributed by atoms with Crippen molar-refractivity contribution < 1.29 is 19.1 Å². The van der Waals surface area contributed by atoms with Gasteiger partial charge in [0, 0.05) is 25.4 Å². The van der Waals surface area contributed by atoms with E-state index >= 15 is 0 Å². The van der Waals surface area contributed by atoms with Gasteiger partial charge in [-0.25, -0.2) is 0 Å². The van der Waals surface area contributed by atoms with Gasteiger partial charge >= 0.3 is 5.97 Å². The van der Waals surface area contributed by atoms with Gasteiger partial charge in [0.25, 0.3) is 0 Å². The molecule has 6 nitrogen and oxygen atoms in total. The second kappa shape index (κ2) is 7.76. The molecule has 0 aromatic rings. The summed E-state index contributed by atoms with van der Waals surface area (Å²) in [6.45, 7) is 5.89. The van der Waals surface area contributed by atoms with Crippen LogP contribution < -0.4 is 5.32 Å². The first-order valence-electron chi connectivity index (χ1n) is 6.27. The molecule has 0 fully saturated rings. The largest absolute Gasteiger partial charge is 0.468 e. The normalized spacial score (nSPS) is 10.8. The number of carbonyl (C=O) groups excluding carboxylic acids is 3. The molecule has 0 bridgehead atoms. The second-order valence-electron chi connectivity index (χ2n) is 5.44. The van der Waals surface area contributed by atoms with Gasteiger partial charge in [-0.1, -0.05) is 20.8 Å². The van der Waals surface area contributed by atoms with Crippen LogP contribution in [0.25, 0.3) is 0 Å². The summed E-state index contributed by atoms with van der Waals surface area (Å²) in [5.74, 6) is -0.629. The summed E-state index contributed by atoms with van der Waals surface area (Å²) in [6.07, 6.45) is 0.837. The van der Waals surface area contributed by atoms with E-state index in [-0.39, 0.29) is 24.8 Å². The van der Waals surface area contributed by atoms with Gasteiger partial charge in [-0.2, -0.15) is 0 Å². The van der Waals surface area contributed by atoms with E-state index in [4.69, 9.17) is 0 Å². The maximum atomic E-state index is 11.6. The van der Waals surface area contributed by atoms with Gasteiger partial charge in [-0.3, -0.25) is 14.4 Å². The molecule has 0 aliphatic rings. The Kier molecular flexibility index (Phi) is 7.11. The molecule has 0 spiro atoms. The number of nitrogens with zero attached hydrogens (tertiary/aromatic N) is 1. The summed E-state index contributed by atoms with van der Waals surface area (Å²) in [6, 6.07) is 0. The second-order valence-corrected chi connectivity index (χ2v) is 5.44. The van der Waals surface area contributed by atoms with Crippen LogP contribution in [0, 0.1) is 5.41 Å². The highest BCUT2D eigenvalue weighted by Gasteiger charge is 2.20. The molecule has 0 aromatic heterocycles. The van der Waals surface area contributed by atoms with Gasteiger partial charge < -0.3 is 15.0 Å². The lowest BCUT2D eigenvalue weighted by atomic mass is 9.96. The van der Waals surface area contributed by atoms with E-state index in [9.17, 15) is 14.4 Å². The Bertz CT molecular complexity index is 334. The summed E-state index contributed by atoms with van der Waals surface area (Å²) >= 11 is 0. The fourth-order valence-corrected chi connectivity index (χ4v) is 1.24. The van der Waals surface area contributed by atoms with E-state index < -0.39 is 11.4 Å². The van der Waals surface area contributed by atoms with Gasteiger partial charge in [0.05, 0.1) is 7.11 Å². The van der Waals surface area contributed by atoms with Gasteiger partial charge in [-0.15, -0.1) is 0 Å². The highest BCUT2D eigenvalue weighted by Crippen LogP contribution is 2.12. The molecule has 0 aliphatic heterocycles. The fraction of sp³-hybridized carbons (Fsp3) is 0.769. The van der Waals surface area contributed by atoms with E-state index in [1.54, 1.807) is 7.05 Å². The van der Waals surface area contributed by atoms with Crippen LogP contribution in [0.4, 0.5) is 0 Å². The Morgan fingerprint density at radius 2 is 1.79 bits per heavy atom. The Morgan fingerprint density at radius 3 is 2.26 bits per heavy atom. The molecule has 6 heteroatoms. The van der Waals surface area contributed by atoms with Crippen molar-refractivity contribution in [3.8, 4) is 0 Å². The third kappa shape index (κ3) is 7.43. The van der Waals surface area contributed by atoms with E-state index in [1.165, 1.54) is 12.0 Å². The van der Waals surface area contributed by atoms with E-state index in [1.807, 2.05) is 20.8 Å². The number of carbonyl (C=O) groups is 3. The van der Waals surface area contributed by atoms with Crippen LogP contribution in [-0.2, 0) is 19.1 Å². The van der Waals surface area contributed by atoms with Crippen molar-refractivity contribution in [2.45, 2.75) is 33.6 Å². The molecule has 0 aromatic carbocycles. The topological polar surface area (TPSA) is 75.7 Å². The Hall–Kier alpha value is -1.59. The van der Waals surface area contributed by atoms with E-state index in [2.05, 4.69) is 10.1 Å². The maximum absolute atomic E-state index is 11.6. The zero-order valence-electron chi connectivity index (χ0n) is 12.4. The third-order valence-electron chi connectivity index (χ3n) is 2.55. The first-order valence-corrected chi connectivity index (χ1v) is 6.27. The molecule has 1 N–H and O–H groups in total. The van der Waals surface area contributed by atoms with E-state index in [0.717, 1.165) is 0 Å². The highest BCUT2D eigenvalue weighted by molar-refractivity contribution is 5.82. The minimum atomic E-state index is -0.447. The predicted octanol–water partition coefficient (Wildman–Crippen LogP) is 0.560. The molecule has 0 saturated heterocycles. The standard InChI is InChI=1S/C13H24N2O4/c1-13(2,3)12(18)14-8-6-7-10(16)15(4)9-11(17)19-5/h6-9H2,1-5H3,(H,14,18). The number of methoxy groups -OCH3 is 1. The minimum absolute atomic E-state index is 0.0390. The number of likely N-dealkylation sites (N-methyl/N-ethyl adjacent to an activating group) is 1. The SMILES string of the molecule is COC(=O)CN(C)C(=O)CCCNC(=O)C(C)(C)C. The molecular weight excluding hydrogens is 248 g/mol. The number of amides is 2. The molecule has 0 aliphatic carbocycles. The predicted molar refractivity (Wildman–Crippen MR) is 71.4 cm³/mol. The Labute approximate surface area is 114 Å². The van der Waals surface area contributed by atoms with Crippen molar-refractivity contribution in [2.24, 2.45) is 5.41 Å². The van der Waals surface area contributed by atoms with Crippen molar-refractivity contribution in [3.63, 3.8) is 0 Å². The number of ether oxygens (including phenoxy) is 1. The van der Waals surface area contributed by atoms with Gasteiger partial charge in [-0.05, 0) is 6.42 Å². The summed E-state index contributed by atoms with van der Waals surface area (Å²) in [5.41, 5.74) is -0.425. The fourth-order valence-electron chi connectivity index (χ4n) is 1.24. The van der Waals surface area contributed by atoms with Crippen molar-refractivity contribution in [1.29, 1.82) is 0 Å². The summed E-state index contributed by atoms with van der Waals surface area (Å²) < 4.78 is 4.48. The number of hydrogen-bond acceptors (Lipinski definition) is 4. The van der Waals surface area contributed by atoms with E-state index in [0.29, 0.717) is 13.0 Å². The van der Waals surface area contributed by atoms with Gasteiger partial charge in [0.1, 0.15) is 6.54 Å². The van der Waals surface area contributed by atoms with Gasteiger partial charge in [0.2, 0.25) is 11.8 Å². The summed E-state index contributed by atoms with van der Waals surface area (Å²) in [5, 5.41) is 2.77. The lowest BCUT2D eigenvalue weighted by molar-refractivity contribution is -0.146. The minimum Gasteiger partial charge on any atom is -0.468 e. The smallest absolute Gasteiger partial charge is 0.325 e. The molecular formula is C13H24N2O4. The molecule has 0 unspecified atom stereocenters. The quantitative estimate of drug-likeness (QED) is 0.566. The summed E-state index contributed by atoms with van der Waals surface area (Å²) in [7, 11) is 2.83. The zero-order valence-corrected chi connectivity index (χ0v) is 12.4. The maximum Gasteiger partial charge on any atom is 0.325 e. The average molecular weight is 272 g/mol. The first-order chi connectivity index (χ1) is 8.68. The molecule has 110 valence electrons. The van der Waals surface area contributed by atoms with Crippen LogP contribution in [0.1, 0.15) is 33.6 Å². The van der Waals surface area contributed by atoms with Gasteiger partial charge in [0.15, 0.2) is 0 Å². The monoisotopic (exact) mass is 272 g/mol. The molecule has 0 radical (unpaired) electrons. The number of hydrogen-bond donors (Lipinski definition) is 1. The molecule has 2 amide bonds. The van der Waals surface area contributed by atoms with Crippen molar-refractivity contribution in [1.82, 2.24) is 10.2 Å². The van der Waals surface area contributed by atoms with Crippen LogP contribution in [0.15, 0.2) is 0 Å². The van der Waals surface area contributed by atoms with Crippen LogP contribution >= 0.6 is 0 Å². The number of nitrogens with one attached hydrogen (secondary N) is 1. The van der Waals surface area contributed by atoms with Crippen LogP contribution in [0.3, 0.4) is 0 Å². The lowest BCUT2D eigenvalue weighted by Crippen LogP contribution is -2.36. The van der Waals surface area contributed by atoms with Crippen LogP contribution in [0.5, 0.6) is 0 Å². The zero-order chi connectivity index (χ0) is 15.1.